The summed E-state index contributed by atoms with van der Waals surface area (Å²) in [5, 5.41) is 10.7. The van der Waals surface area contributed by atoms with Crippen LogP contribution in [0.1, 0.15) is 452 Å². The molecule has 19 heteroatoms. The fourth-order valence-corrected chi connectivity index (χ4v) is 14.7. The quantitative estimate of drug-likeness (QED) is 0.0222. The Kier molecular flexibility index (Phi) is 75.4. The lowest BCUT2D eigenvalue weighted by Gasteiger charge is -2.21. The largest absolute Gasteiger partial charge is 0.472 e. The van der Waals surface area contributed by atoms with Crippen molar-refractivity contribution in [3.63, 3.8) is 0 Å². The highest BCUT2D eigenvalue weighted by atomic mass is 31.2. The molecule has 17 nitrogen and oxygen atoms in total. The number of carbonyl (C=O) groups is 4. The van der Waals surface area contributed by atoms with Gasteiger partial charge in [0, 0.05) is 25.7 Å². The highest BCUT2D eigenvalue weighted by Gasteiger charge is 2.30. The van der Waals surface area contributed by atoms with E-state index in [9.17, 15) is 43.2 Å². The van der Waals surface area contributed by atoms with Crippen LogP contribution >= 0.6 is 15.6 Å². The van der Waals surface area contributed by atoms with Gasteiger partial charge in [0.15, 0.2) is 12.2 Å². The van der Waals surface area contributed by atoms with Crippen LogP contribution in [0.15, 0.2) is 0 Å². The summed E-state index contributed by atoms with van der Waals surface area (Å²) in [6, 6.07) is 0. The number of phosphoric acid groups is 2. The van der Waals surface area contributed by atoms with Gasteiger partial charge in [0.05, 0.1) is 26.4 Å². The highest BCUT2D eigenvalue weighted by Crippen LogP contribution is 2.45. The number of phosphoric ester groups is 2. The molecule has 3 N–H and O–H groups in total. The highest BCUT2D eigenvalue weighted by molar-refractivity contribution is 7.47. The van der Waals surface area contributed by atoms with Gasteiger partial charge in [-0.05, 0) is 31.6 Å². The zero-order chi connectivity index (χ0) is 75.5. The predicted molar refractivity (Wildman–Crippen MR) is 423 cm³/mol. The van der Waals surface area contributed by atoms with Crippen molar-refractivity contribution in [1.29, 1.82) is 0 Å². The van der Waals surface area contributed by atoms with E-state index in [0.717, 1.165) is 95.8 Å². The molecule has 0 radical (unpaired) electrons. The monoisotopic (exact) mass is 1510 g/mol. The van der Waals surface area contributed by atoms with Crippen LogP contribution in [0.3, 0.4) is 0 Å². The second-order valence-electron chi connectivity index (χ2n) is 30.7. The summed E-state index contributed by atoms with van der Waals surface area (Å²) >= 11 is 0. The van der Waals surface area contributed by atoms with Gasteiger partial charge in [0.2, 0.25) is 0 Å². The van der Waals surface area contributed by atoms with Crippen molar-refractivity contribution >= 4 is 39.5 Å². The van der Waals surface area contributed by atoms with Gasteiger partial charge in [-0.2, -0.15) is 0 Å². The van der Waals surface area contributed by atoms with Crippen LogP contribution in [-0.4, -0.2) is 96.7 Å². The number of aliphatic hydroxyl groups is 1. The van der Waals surface area contributed by atoms with Gasteiger partial charge in [-0.1, -0.05) is 401 Å². The minimum atomic E-state index is -4.96. The molecule has 0 rings (SSSR count). The molecule has 0 saturated heterocycles. The van der Waals surface area contributed by atoms with Crippen LogP contribution in [0.5, 0.6) is 0 Å². The molecule has 5 atom stereocenters. The summed E-state index contributed by atoms with van der Waals surface area (Å²) in [5.74, 6) is -1.38. The van der Waals surface area contributed by atoms with Crippen LogP contribution in [0.4, 0.5) is 0 Å². The van der Waals surface area contributed by atoms with E-state index in [1.54, 1.807) is 0 Å². The van der Waals surface area contributed by atoms with E-state index in [4.69, 9.17) is 37.0 Å². The number of ether oxygens (including phenoxy) is 4. The van der Waals surface area contributed by atoms with E-state index in [1.165, 1.54) is 276 Å². The lowest BCUT2D eigenvalue weighted by atomic mass is 10.0. The predicted octanol–water partition coefficient (Wildman–Crippen LogP) is 25.6. The maximum atomic E-state index is 13.1. The molecule has 0 saturated carbocycles. The molecule has 0 fully saturated rings. The molecule has 0 aliphatic rings. The Bertz CT molecular complexity index is 1960. The number of aliphatic hydroxyl groups excluding tert-OH is 1. The maximum absolute atomic E-state index is 13.1. The Balaban J connectivity index is 5.21. The summed E-state index contributed by atoms with van der Waals surface area (Å²) in [4.78, 5) is 73.1. The van der Waals surface area contributed by atoms with E-state index in [1.807, 2.05) is 0 Å². The van der Waals surface area contributed by atoms with Gasteiger partial charge in [-0.3, -0.25) is 37.3 Å². The molecular weight excluding hydrogens is 1340 g/mol. The number of hydrogen-bond donors (Lipinski definition) is 3. The van der Waals surface area contributed by atoms with Crippen LogP contribution < -0.4 is 0 Å². The van der Waals surface area contributed by atoms with Crippen LogP contribution in [-0.2, 0) is 65.4 Å². The fraction of sp³-hybridized carbons (Fsp3) is 0.952. The first kappa shape index (κ1) is 101. The first-order valence-corrected chi connectivity index (χ1v) is 46.6. The second-order valence-corrected chi connectivity index (χ2v) is 33.6. The Morgan fingerprint density at radius 1 is 0.262 bits per heavy atom. The van der Waals surface area contributed by atoms with E-state index in [0.29, 0.717) is 25.7 Å². The third-order valence-corrected chi connectivity index (χ3v) is 21.7. The zero-order valence-corrected chi connectivity index (χ0v) is 69.3. The van der Waals surface area contributed by atoms with Crippen molar-refractivity contribution in [1.82, 2.24) is 0 Å². The van der Waals surface area contributed by atoms with Gasteiger partial charge in [0.25, 0.3) is 0 Å². The van der Waals surface area contributed by atoms with Crippen molar-refractivity contribution < 1.29 is 80.2 Å². The molecule has 103 heavy (non-hydrogen) atoms. The number of rotatable bonds is 84. The van der Waals surface area contributed by atoms with Crippen molar-refractivity contribution in [3.05, 3.63) is 0 Å². The van der Waals surface area contributed by atoms with E-state index in [2.05, 4.69) is 34.6 Å². The van der Waals surface area contributed by atoms with Crippen molar-refractivity contribution in [2.75, 3.05) is 39.6 Å². The first-order valence-electron chi connectivity index (χ1n) is 43.6. The van der Waals surface area contributed by atoms with Gasteiger partial charge in [-0.15, -0.1) is 0 Å². The average Bonchev–Trinajstić information content (AvgIpc) is 0.920. The lowest BCUT2D eigenvalue weighted by molar-refractivity contribution is -0.161. The van der Waals surface area contributed by atoms with Gasteiger partial charge < -0.3 is 33.8 Å². The topological polar surface area (TPSA) is 237 Å². The molecule has 0 bridgehead atoms. The van der Waals surface area contributed by atoms with Crippen molar-refractivity contribution in [3.8, 4) is 0 Å². The average molecular weight is 1510 g/mol. The van der Waals surface area contributed by atoms with E-state index in [-0.39, 0.29) is 25.7 Å². The third-order valence-electron chi connectivity index (χ3n) is 19.8. The standard InChI is InChI=1S/C84H164O17P2/c1-6-9-12-15-18-21-24-27-29-31-33-35-37-39-41-44-46-52-57-62-67-81(86)94-73-79(100-84(89)70-65-60-55-48-45-42-40-38-36-34-32-30-28-25-22-19-16-13-10-7-2)75-98-102(90,91)96-71-78(85)72-97-103(92,93)99-76-80(74-95-82(87)68-63-58-53-50-49-51-56-61-66-77(4)5)101-83(88)69-64-59-54-47-43-26-23-20-17-14-11-8-3/h77-80,85H,6-76H2,1-5H3,(H,90,91)(H,92,93)/t78-,79-,80-/m1/s1. The van der Waals surface area contributed by atoms with Crippen LogP contribution in [0.2, 0.25) is 0 Å². The Morgan fingerprint density at radius 2 is 0.447 bits per heavy atom. The molecule has 0 aromatic heterocycles. The molecule has 0 aliphatic heterocycles. The van der Waals surface area contributed by atoms with Gasteiger partial charge in [-0.25, -0.2) is 9.13 Å². The Labute approximate surface area is 632 Å². The summed E-state index contributed by atoms with van der Waals surface area (Å²) in [6.07, 6.45) is 69.6. The van der Waals surface area contributed by atoms with E-state index >= 15 is 0 Å². The molecule has 0 amide bonds. The SMILES string of the molecule is CCCCCCCCCCCCCCCCCCCCCCC(=O)OC[C@H](COP(=O)(O)OC[C@@H](O)COP(=O)(O)OC[C@@H](COC(=O)CCCCCCCCCCC(C)C)OC(=O)CCCCCCCCCCCCCC)OC(=O)CCCCCCCCCCCCCCCCCCCCCC. The van der Waals surface area contributed by atoms with Crippen molar-refractivity contribution in [2.45, 2.75) is 470 Å². The van der Waals surface area contributed by atoms with Crippen LogP contribution in [0.25, 0.3) is 0 Å². The number of unbranched alkanes of at least 4 members (excludes halogenated alkanes) is 56. The molecule has 0 aromatic rings. The third kappa shape index (κ3) is 78.0. The lowest BCUT2D eigenvalue weighted by Crippen LogP contribution is -2.30. The zero-order valence-electron chi connectivity index (χ0n) is 67.5. The molecule has 0 heterocycles. The minimum absolute atomic E-state index is 0.107. The first-order chi connectivity index (χ1) is 50.0. The molecule has 0 spiro atoms. The molecule has 0 aliphatic carbocycles. The number of esters is 4. The summed E-state index contributed by atoms with van der Waals surface area (Å²) in [7, 11) is -9.92. The van der Waals surface area contributed by atoms with Crippen molar-refractivity contribution in [2.24, 2.45) is 5.92 Å². The van der Waals surface area contributed by atoms with Gasteiger partial charge in [0.1, 0.15) is 19.3 Å². The molecule has 612 valence electrons. The molecule has 0 aromatic carbocycles. The second kappa shape index (κ2) is 76.8. The molecule has 2 unspecified atom stereocenters. The van der Waals surface area contributed by atoms with Gasteiger partial charge >= 0.3 is 39.5 Å². The van der Waals surface area contributed by atoms with Crippen LogP contribution in [0, 0.1) is 5.92 Å². The Hall–Kier alpha value is -1.94. The smallest absolute Gasteiger partial charge is 0.462 e. The summed E-state index contributed by atoms with van der Waals surface area (Å²) < 4.78 is 68.8. The number of hydrogen-bond acceptors (Lipinski definition) is 15. The normalized spacial score (nSPS) is 13.8. The fourth-order valence-electron chi connectivity index (χ4n) is 13.1. The van der Waals surface area contributed by atoms with E-state index < -0.39 is 97.5 Å². The minimum Gasteiger partial charge on any atom is -0.462 e. The summed E-state index contributed by atoms with van der Waals surface area (Å²) in [6.45, 7) is 7.31. The maximum Gasteiger partial charge on any atom is 0.472 e. The Morgan fingerprint density at radius 3 is 0.660 bits per heavy atom. The number of carbonyl (C=O) groups excluding carboxylic acids is 4. The summed E-state index contributed by atoms with van der Waals surface area (Å²) in [5.41, 5.74) is 0. The molecular formula is C84H164O17P2.